The van der Waals surface area contributed by atoms with Gasteiger partial charge in [0, 0.05) is 6.42 Å². The summed E-state index contributed by atoms with van der Waals surface area (Å²) in [6, 6.07) is 0. The van der Waals surface area contributed by atoms with E-state index in [9.17, 15) is 0 Å². The number of quaternary nitrogens is 3. The van der Waals surface area contributed by atoms with Crippen molar-refractivity contribution in [3.8, 4) is 0 Å². The molecule has 0 rings (SSSR count). The van der Waals surface area contributed by atoms with Crippen LogP contribution in [0.4, 0.5) is 0 Å². The number of nitrogens with two attached hydrogens (primary N) is 1. The highest BCUT2D eigenvalue weighted by Crippen LogP contribution is 1.56. The summed E-state index contributed by atoms with van der Waals surface area (Å²) < 4.78 is 0. The predicted molar refractivity (Wildman–Crippen MR) is 31.8 cm³/mol. The summed E-state index contributed by atoms with van der Waals surface area (Å²) in [6.45, 7) is 4.49. The van der Waals surface area contributed by atoms with Gasteiger partial charge in [0.15, 0.2) is 0 Å². The lowest BCUT2D eigenvalue weighted by molar-refractivity contribution is -0.671. The molecule has 0 fully saturated rings. The molecule has 0 saturated heterocycles. The molecular formula is C5H18N3+3. The van der Waals surface area contributed by atoms with Crippen LogP contribution in [0.3, 0.4) is 0 Å². The van der Waals surface area contributed by atoms with Crippen LogP contribution in [0.25, 0.3) is 0 Å². The Morgan fingerprint density at radius 3 is 2.25 bits per heavy atom. The van der Waals surface area contributed by atoms with E-state index < -0.39 is 0 Å². The first kappa shape index (κ1) is 7.88. The van der Waals surface area contributed by atoms with E-state index in [0.29, 0.717) is 0 Å². The Hall–Kier alpha value is -0.120. The fourth-order valence-corrected chi connectivity index (χ4v) is 0.577. The van der Waals surface area contributed by atoms with Gasteiger partial charge in [-0.2, -0.15) is 0 Å². The molecule has 3 nitrogen and oxygen atoms in total. The van der Waals surface area contributed by atoms with Crippen molar-refractivity contribution in [2.45, 2.75) is 6.42 Å². The van der Waals surface area contributed by atoms with Crippen molar-refractivity contribution >= 4 is 0 Å². The third kappa shape index (κ3) is 5.88. The van der Waals surface area contributed by atoms with Crippen molar-refractivity contribution < 1.29 is 16.8 Å². The maximum Gasteiger partial charge on any atom is 0.125 e. The minimum absolute atomic E-state index is 1.04. The van der Waals surface area contributed by atoms with Gasteiger partial charge in [0.05, 0.1) is 13.1 Å². The van der Waals surface area contributed by atoms with Crippen LogP contribution >= 0.6 is 0 Å². The summed E-state index contributed by atoms with van der Waals surface area (Å²) in [6.07, 6.45) is 1.24. The Labute approximate surface area is 50.4 Å². The first-order valence-corrected chi connectivity index (χ1v) is 3.32. The molecule has 3 heteroatoms. The molecule has 0 aliphatic heterocycles. The van der Waals surface area contributed by atoms with Crippen LogP contribution in [0, 0.1) is 0 Å². The van der Waals surface area contributed by atoms with E-state index in [0.717, 1.165) is 13.1 Å². The maximum absolute atomic E-state index is 3.75. The third-order valence-electron chi connectivity index (χ3n) is 1.07. The van der Waals surface area contributed by atoms with Gasteiger partial charge in [0.2, 0.25) is 0 Å². The Morgan fingerprint density at radius 1 is 1.00 bits per heavy atom. The largest absolute Gasteiger partial charge is 0.357 e. The molecule has 0 heterocycles. The van der Waals surface area contributed by atoms with Crippen LogP contribution < -0.4 is 16.8 Å². The van der Waals surface area contributed by atoms with Crippen molar-refractivity contribution in [3.05, 3.63) is 0 Å². The Kier molecular flexibility index (Phi) is 6.78. The molecule has 50 valence electrons. The van der Waals surface area contributed by atoms with Gasteiger partial charge in [-0.25, -0.2) is 0 Å². The number of hydrogen-bond acceptors (Lipinski definition) is 0. The van der Waals surface area contributed by atoms with E-state index in [4.69, 9.17) is 0 Å². The Bertz CT molecular complexity index is 32.7. The SMILES string of the molecule is [NH3+]CCC[NH2+]CC[NH3+]. The molecule has 0 saturated carbocycles. The molecule has 0 aliphatic carbocycles. The third-order valence-corrected chi connectivity index (χ3v) is 1.07. The molecule has 0 radical (unpaired) electrons. The minimum Gasteiger partial charge on any atom is -0.357 e. The van der Waals surface area contributed by atoms with Gasteiger partial charge in [-0.15, -0.1) is 0 Å². The highest BCUT2D eigenvalue weighted by Gasteiger charge is 1.87. The average Bonchev–Trinajstić information content (AvgIpc) is 1.81. The van der Waals surface area contributed by atoms with Crippen molar-refractivity contribution in [1.29, 1.82) is 0 Å². The molecule has 0 aliphatic rings. The average molecular weight is 120 g/mol. The van der Waals surface area contributed by atoms with Gasteiger partial charge in [-0.05, 0) is 0 Å². The van der Waals surface area contributed by atoms with E-state index in [1.54, 1.807) is 0 Å². The zero-order valence-electron chi connectivity index (χ0n) is 5.53. The molecule has 0 aromatic rings. The second-order valence-electron chi connectivity index (χ2n) is 1.93. The van der Waals surface area contributed by atoms with Crippen LogP contribution in [-0.4, -0.2) is 26.2 Å². The normalized spacial score (nSPS) is 9.75. The van der Waals surface area contributed by atoms with Gasteiger partial charge in [-0.1, -0.05) is 0 Å². The molecule has 0 spiro atoms. The van der Waals surface area contributed by atoms with Crippen molar-refractivity contribution in [2.24, 2.45) is 0 Å². The van der Waals surface area contributed by atoms with Crippen molar-refractivity contribution in [3.63, 3.8) is 0 Å². The topological polar surface area (TPSA) is 71.9 Å². The molecule has 0 unspecified atom stereocenters. The van der Waals surface area contributed by atoms with Crippen LogP contribution in [0.1, 0.15) is 6.42 Å². The van der Waals surface area contributed by atoms with Crippen LogP contribution in [0.15, 0.2) is 0 Å². The lowest BCUT2D eigenvalue weighted by Gasteiger charge is -1.92. The highest BCUT2D eigenvalue weighted by atomic mass is 14.9. The van der Waals surface area contributed by atoms with E-state index in [1.165, 1.54) is 19.5 Å². The van der Waals surface area contributed by atoms with Crippen LogP contribution in [0.2, 0.25) is 0 Å². The highest BCUT2D eigenvalue weighted by molar-refractivity contribution is 4.23. The van der Waals surface area contributed by atoms with E-state index in [2.05, 4.69) is 16.8 Å². The first-order valence-electron chi connectivity index (χ1n) is 3.32. The summed E-state index contributed by atoms with van der Waals surface area (Å²) in [5.41, 5.74) is 7.48. The molecular weight excluding hydrogens is 102 g/mol. The maximum atomic E-state index is 3.75. The molecule has 8 heavy (non-hydrogen) atoms. The summed E-state index contributed by atoms with van der Waals surface area (Å²) >= 11 is 0. The van der Waals surface area contributed by atoms with Crippen LogP contribution in [0.5, 0.6) is 0 Å². The minimum atomic E-state index is 1.04. The zero-order chi connectivity index (χ0) is 6.24. The van der Waals surface area contributed by atoms with Gasteiger partial charge in [0.1, 0.15) is 13.1 Å². The summed E-state index contributed by atoms with van der Waals surface area (Å²) in [7, 11) is 0. The molecule has 0 bridgehead atoms. The van der Waals surface area contributed by atoms with Gasteiger partial charge in [0.25, 0.3) is 0 Å². The quantitative estimate of drug-likeness (QED) is 0.314. The van der Waals surface area contributed by atoms with E-state index >= 15 is 0 Å². The molecule has 0 atom stereocenters. The Balaban J connectivity index is 2.53. The zero-order valence-corrected chi connectivity index (χ0v) is 5.53. The fraction of sp³-hybridized carbons (Fsp3) is 1.00. The smallest absolute Gasteiger partial charge is 0.125 e. The Morgan fingerprint density at radius 2 is 1.75 bits per heavy atom. The number of hydrogen-bond donors (Lipinski definition) is 3. The summed E-state index contributed by atoms with van der Waals surface area (Å²) in [5.74, 6) is 0. The fourth-order valence-electron chi connectivity index (χ4n) is 0.577. The summed E-state index contributed by atoms with van der Waals surface area (Å²) in [4.78, 5) is 0. The second kappa shape index (κ2) is 6.88. The van der Waals surface area contributed by atoms with Crippen molar-refractivity contribution in [2.75, 3.05) is 26.2 Å². The lowest BCUT2D eigenvalue weighted by atomic mass is 10.4. The molecule has 8 N–H and O–H groups in total. The van der Waals surface area contributed by atoms with Crippen molar-refractivity contribution in [1.82, 2.24) is 0 Å². The lowest BCUT2D eigenvalue weighted by Crippen LogP contribution is -2.88. The van der Waals surface area contributed by atoms with Gasteiger partial charge >= 0.3 is 0 Å². The molecule has 0 aromatic heterocycles. The monoisotopic (exact) mass is 120 g/mol. The predicted octanol–water partition coefficient (Wildman–Crippen LogP) is -3.58. The molecule has 0 aromatic carbocycles. The molecule has 0 amide bonds. The standard InChI is InChI=1S/C5H15N3/c6-2-1-4-8-5-3-7/h8H,1-7H2/p+3. The van der Waals surface area contributed by atoms with E-state index in [-0.39, 0.29) is 0 Å². The van der Waals surface area contributed by atoms with E-state index in [1.807, 2.05) is 0 Å². The van der Waals surface area contributed by atoms with Gasteiger partial charge in [-0.3, -0.25) is 0 Å². The second-order valence-corrected chi connectivity index (χ2v) is 1.93. The number of rotatable bonds is 5. The van der Waals surface area contributed by atoms with Gasteiger partial charge < -0.3 is 16.8 Å². The van der Waals surface area contributed by atoms with Crippen LogP contribution in [-0.2, 0) is 0 Å². The first-order chi connectivity index (χ1) is 3.91. The summed E-state index contributed by atoms with van der Waals surface area (Å²) in [5, 5.41) is 2.29.